The van der Waals surface area contributed by atoms with E-state index in [1.54, 1.807) is 34.9 Å². The molecule has 8 nitrogen and oxygen atoms in total. The molecule has 3 aromatic carbocycles. The van der Waals surface area contributed by atoms with E-state index in [9.17, 15) is 14.4 Å². The molecule has 3 aromatic rings. The lowest BCUT2D eigenvalue weighted by molar-refractivity contribution is -0.142. The number of nitrogens with zero attached hydrogens (tertiary/aromatic N) is 2. The molecule has 42 heavy (non-hydrogen) atoms. The third-order valence-electron chi connectivity index (χ3n) is 7.59. The Labute approximate surface area is 249 Å². The van der Waals surface area contributed by atoms with Gasteiger partial charge >= 0.3 is 6.09 Å². The Morgan fingerprint density at radius 2 is 1.55 bits per heavy atom. The molecule has 1 N–H and O–H groups in total. The quantitative estimate of drug-likeness (QED) is 0.370. The third kappa shape index (κ3) is 8.32. The van der Waals surface area contributed by atoms with Gasteiger partial charge in [0.1, 0.15) is 17.7 Å². The molecule has 0 aromatic heterocycles. The first-order valence-corrected chi connectivity index (χ1v) is 14.7. The predicted octanol–water partition coefficient (Wildman–Crippen LogP) is 4.98. The highest BCUT2D eigenvalue weighted by molar-refractivity contribution is 5.92. The van der Waals surface area contributed by atoms with Crippen molar-refractivity contribution < 1.29 is 23.9 Å². The molecule has 224 valence electrons. The molecule has 4 rings (SSSR count). The summed E-state index contributed by atoms with van der Waals surface area (Å²) in [6.07, 6.45) is 1.84. The number of carbonyl (C=O) groups is 3. The molecule has 1 unspecified atom stereocenters. The fourth-order valence-electron chi connectivity index (χ4n) is 5.21. The van der Waals surface area contributed by atoms with Crippen molar-refractivity contribution in [1.29, 1.82) is 0 Å². The van der Waals surface area contributed by atoms with Crippen molar-refractivity contribution in [3.8, 4) is 0 Å². The molecule has 0 bridgehead atoms. The van der Waals surface area contributed by atoms with Gasteiger partial charge in [0, 0.05) is 40.1 Å². The van der Waals surface area contributed by atoms with Crippen molar-refractivity contribution in [3.63, 3.8) is 0 Å². The molecule has 3 amide bonds. The van der Waals surface area contributed by atoms with E-state index in [4.69, 9.17) is 9.47 Å². The Morgan fingerprint density at radius 1 is 0.881 bits per heavy atom. The monoisotopic (exact) mass is 573 g/mol. The van der Waals surface area contributed by atoms with Gasteiger partial charge in [-0.2, -0.15) is 0 Å². The molecule has 0 saturated carbocycles. The second-order valence-electron chi connectivity index (χ2n) is 12.0. The van der Waals surface area contributed by atoms with Crippen LogP contribution in [0.15, 0.2) is 72.8 Å². The zero-order valence-electron chi connectivity index (χ0n) is 25.3. The highest BCUT2D eigenvalue weighted by Gasteiger charge is 2.36. The van der Waals surface area contributed by atoms with Crippen LogP contribution in [0.4, 0.5) is 4.79 Å². The number of ether oxygens (including phenoxy) is 2. The fraction of sp³-hybridized carbons (Fsp3) is 0.441. The number of carbonyl (C=O) groups excluding carboxylic acids is 3. The van der Waals surface area contributed by atoms with E-state index in [0.29, 0.717) is 19.6 Å². The van der Waals surface area contributed by atoms with Gasteiger partial charge in [0.25, 0.3) is 0 Å². The Morgan fingerprint density at radius 3 is 2.21 bits per heavy atom. The number of benzene rings is 3. The van der Waals surface area contributed by atoms with E-state index in [-0.39, 0.29) is 24.3 Å². The number of likely N-dealkylation sites (N-methyl/N-ethyl adjacent to an activating group) is 2. The van der Waals surface area contributed by atoms with Crippen LogP contribution in [0.3, 0.4) is 0 Å². The molecule has 1 heterocycles. The van der Waals surface area contributed by atoms with Crippen molar-refractivity contribution >= 4 is 28.7 Å². The topological polar surface area (TPSA) is 88.2 Å². The second-order valence-corrected chi connectivity index (χ2v) is 12.0. The summed E-state index contributed by atoms with van der Waals surface area (Å²) in [5.41, 5.74) is 1.10. The first-order chi connectivity index (χ1) is 20.0. The SMILES string of the molecule is CN(C(=O)OC(C)(C)C)[C@H](Cc1ccc2ccccc2c1)C(=O)N(C)[C@H](Cc1ccccc1)C(=O)NCC1CCCO1. The molecule has 1 aliphatic rings. The first-order valence-electron chi connectivity index (χ1n) is 14.7. The van der Waals surface area contributed by atoms with Crippen LogP contribution in [0.25, 0.3) is 10.8 Å². The molecule has 0 spiro atoms. The van der Waals surface area contributed by atoms with Gasteiger partial charge in [-0.15, -0.1) is 0 Å². The minimum absolute atomic E-state index is 0.0220. The van der Waals surface area contributed by atoms with Gasteiger partial charge in [0.2, 0.25) is 11.8 Å². The van der Waals surface area contributed by atoms with Crippen molar-refractivity contribution in [2.75, 3.05) is 27.2 Å². The summed E-state index contributed by atoms with van der Waals surface area (Å²) in [4.78, 5) is 43.9. The molecule has 1 fully saturated rings. The Balaban J connectivity index is 1.62. The van der Waals surface area contributed by atoms with E-state index >= 15 is 0 Å². The fourth-order valence-corrected chi connectivity index (χ4v) is 5.21. The van der Waals surface area contributed by atoms with Crippen LogP contribution in [-0.2, 0) is 31.9 Å². The normalized spacial score (nSPS) is 16.5. The molecule has 1 saturated heterocycles. The average Bonchev–Trinajstić information content (AvgIpc) is 3.50. The number of hydrogen-bond donors (Lipinski definition) is 1. The maximum Gasteiger partial charge on any atom is 0.410 e. The Bertz CT molecular complexity index is 1360. The Hall–Kier alpha value is -3.91. The maximum atomic E-state index is 14.3. The lowest BCUT2D eigenvalue weighted by Gasteiger charge is -2.35. The van der Waals surface area contributed by atoms with Crippen LogP contribution < -0.4 is 5.32 Å². The van der Waals surface area contributed by atoms with E-state index in [2.05, 4.69) is 5.32 Å². The molecule has 0 aliphatic carbocycles. The first kappa shape index (κ1) is 31.0. The number of hydrogen-bond acceptors (Lipinski definition) is 5. The van der Waals surface area contributed by atoms with Gasteiger partial charge in [0.05, 0.1) is 6.10 Å². The standard InChI is InChI=1S/C34H43N3O5/c1-34(2,3)42-33(40)37(5)30(22-25-17-18-26-14-9-10-15-27(26)20-25)32(39)36(4)29(21-24-12-7-6-8-13-24)31(38)35-23-28-16-11-19-41-28/h6-10,12-15,17-18,20,28-30H,11,16,19,21-23H2,1-5H3,(H,35,38)/t28?,29-,30-/m1/s1. The van der Waals surface area contributed by atoms with Crippen LogP contribution in [0, 0.1) is 0 Å². The smallest absolute Gasteiger partial charge is 0.410 e. The zero-order chi connectivity index (χ0) is 30.3. The summed E-state index contributed by atoms with van der Waals surface area (Å²) in [5.74, 6) is -0.598. The average molecular weight is 574 g/mol. The summed E-state index contributed by atoms with van der Waals surface area (Å²) < 4.78 is 11.3. The number of amides is 3. The lowest BCUT2D eigenvalue weighted by Crippen LogP contribution is -2.56. The number of rotatable bonds is 10. The van der Waals surface area contributed by atoms with Crippen LogP contribution >= 0.6 is 0 Å². The van der Waals surface area contributed by atoms with Crippen LogP contribution in [0.5, 0.6) is 0 Å². The number of fused-ring (bicyclic) bond motifs is 1. The lowest BCUT2D eigenvalue weighted by atomic mass is 9.98. The third-order valence-corrected chi connectivity index (χ3v) is 7.59. The van der Waals surface area contributed by atoms with Crippen LogP contribution in [0.2, 0.25) is 0 Å². The molecular formula is C34H43N3O5. The molecule has 1 aliphatic heterocycles. The van der Waals surface area contributed by atoms with Crippen LogP contribution in [-0.4, -0.2) is 78.7 Å². The number of nitrogens with one attached hydrogen (secondary N) is 1. The van der Waals surface area contributed by atoms with Gasteiger partial charge in [-0.25, -0.2) is 4.79 Å². The molecular weight excluding hydrogens is 530 g/mol. The second kappa shape index (κ2) is 13.8. The van der Waals surface area contributed by atoms with Crippen molar-refractivity contribution in [3.05, 3.63) is 83.9 Å². The highest BCUT2D eigenvalue weighted by atomic mass is 16.6. The maximum absolute atomic E-state index is 14.3. The summed E-state index contributed by atoms with van der Waals surface area (Å²) in [6, 6.07) is 22.0. The van der Waals surface area contributed by atoms with Gasteiger partial charge in [-0.1, -0.05) is 72.8 Å². The minimum Gasteiger partial charge on any atom is -0.444 e. The molecule has 8 heteroatoms. The van der Waals surface area contributed by atoms with E-state index < -0.39 is 23.8 Å². The van der Waals surface area contributed by atoms with E-state index in [0.717, 1.165) is 34.7 Å². The van der Waals surface area contributed by atoms with Gasteiger partial charge in [-0.05, 0) is 55.5 Å². The zero-order valence-corrected chi connectivity index (χ0v) is 25.3. The minimum atomic E-state index is -0.893. The summed E-state index contributed by atoms with van der Waals surface area (Å²) in [5, 5.41) is 5.15. The molecule has 3 atom stereocenters. The predicted molar refractivity (Wildman–Crippen MR) is 164 cm³/mol. The van der Waals surface area contributed by atoms with Crippen molar-refractivity contribution in [1.82, 2.24) is 15.1 Å². The van der Waals surface area contributed by atoms with Crippen molar-refractivity contribution in [2.45, 2.75) is 70.2 Å². The molecule has 0 radical (unpaired) electrons. The van der Waals surface area contributed by atoms with Gasteiger partial charge in [-0.3, -0.25) is 14.5 Å². The van der Waals surface area contributed by atoms with Gasteiger partial charge in [0.15, 0.2) is 0 Å². The summed E-state index contributed by atoms with van der Waals surface area (Å²) in [6.45, 7) is 6.46. The van der Waals surface area contributed by atoms with Gasteiger partial charge < -0.3 is 19.7 Å². The summed E-state index contributed by atoms with van der Waals surface area (Å²) in [7, 11) is 3.22. The highest BCUT2D eigenvalue weighted by Crippen LogP contribution is 2.21. The van der Waals surface area contributed by atoms with Crippen LogP contribution in [0.1, 0.15) is 44.7 Å². The summed E-state index contributed by atoms with van der Waals surface area (Å²) >= 11 is 0. The largest absolute Gasteiger partial charge is 0.444 e. The van der Waals surface area contributed by atoms with E-state index in [1.807, 2.05) is 72.8 Å². The Kier molecular flexibility index (Phi) is 10.2. The van der Waals surface area contributed by atoms with Crippen molar-refractivity contribution in [2.24, 2.45) is 0 Å². The van der Waals surface area contributed by atoms with E-state index in [1.165, 1.54) is 9.80 Å².